The number of rotatable bonds is 5. The number of hydrogen-bond acceptors (Lipinski definition) is 6. The summed E-state index contributed by atoms with van der Waals surface area (Å²) in [4.78, 5) is 6.17. The number of nitrogens with zero attached hydrogens (tertiary/aromatic N) is 5. The van der Waals surface area contributed by atoms with E-state index in [4.69, 9.17) is 15.5 Å². The van der Waals surface area contributed by atoms with E-state index >= 15 is 0 Å². The van der Waals surface area contributed by atoms with E-state index in [1.54, 1.807) is 16.5 Å². The summed E-state index contributed by atoms with van der Waals surface area (Å²) in [7, 11) is 0. The zero-order chi connectivity index (χ0) is 24.9. The summed E-state index contributed by atoms with van der Waals surface area (Å²) in [6.07, 6.45) is -2.50. The van der Waals surface area contributed by atoms with E-state index in [2.05, 4.69) is 10.2 Å². The molecule has 10 heteroatoms. The number of fused-ring (bicyclic) bond motifs is 2. The second kappa shape index (κ2) is 8.76. The van der Waals surface area contributed by atoms with Gasteiger partial charge in [0.25, 0.3) is 0 Å². The highest BCUT2D eigenvalue weighted by Gasteiger charge is 2.46. The molecule has 0 spiro atoms. The van der Waals surface area contributed by atoms with Crippen LogP contribution in [0.1, 0.15) is 37.4 Å². The van der Waals surface area contributed by atoms with E-state index in [1.165, 1.54) is 17.2 Å². The monoisotopic (exact) mass is 484 g/mol. The molecule has 0 aliphatic carbocycles. The Morgan fingerprint density at radius 1 is 1.11 bits per heavy atom. The van der Waals surface area contributed by atoms with Crippen molar-refractivity contribution in [2.75, 3.05) is 13.1 Å². The third-order valence-electron chi connectivity index (χ3n) is 6.17. The average Bonchev–Trinajstić information content (AvgIpc) is 3.38. The van der Waals surface area contributed by atoms with Crippen LogP contribution in [0.15, 0.2) is 42.6 Å². The van der Waals surface area contributed by atoms with E-state index in [9.17, 15) is 13.2 Å². The summed E-state index contributed by atoms with van der Waals surface area (Å²) < 4.78 is 50.0. The van der Waals surface area contributed by atoms with Gasteiger partial charge in [-0.3, -0.25) is 9.30 Å². The van der Waals surface area contributed by atoms with Crippen molar-refractivity contribution in [3.05, 3.63) is 53.7 Å². The quantitative estimate of drug-likeness (QED) is 0.443. The standard InChI is InChI=1S/C25H27F3N6O/c1-14(2)35-20-11-15(3)10-16-4-6-19(30-22(16)20)24-32-31-21-7-5-17(12-34(21)24)23(25(26,27)28)33-9-8-18(29)13-33/h4-7,10-12,14,18,23H,8-9,13,29H2,1-3H3. The molecule has 1 aliphatic rings. The van der Waals surface area contributed by atoms with Crippen LogP contribution >= 0.6 is 0 Å². The zero-order valence-corrected chi connectivity index (χ0v) is 19.8. The number of aryl methyl sites for hydroxylation is 1. The van der Waals surface area contributed by atoms with E-state index in [0.29, 0.717) is 41.4 Å². The maximum Gasteiger partial charge on any atom is 0.408 e. The molecule has 0 amide bonds. The van der Waals surface area contributed by atoms with Gasteiger partial charge in [0.15, 0.2) is 11.5 Å². The maximum atomic E-state index is 14.1. The third kappa shape index (κ3) is 4.55. The smallest absolute Gasteiger partial charge is 0.408 e. The minimum Gasteiger partial charge on any atom is -0.489 e. The zero-order valence-electron chi connectivity index (χ0n) is 19.8. The lowest BCUT2D eigenvalue weighted by Gasteiger charge is -2.30. The molecule has 35 heavy (non-hydrogen) atoms. The van der Waals surface area contributed by atoms with Crippen LogP contribution in [-0.2, 0) is 0 Å². The van der Waals surface area contributed by atoms with Crippen molar-refractivity contribution < 1.29 is 17.9 Å². The first-order chi connectivity index (χ1) is 16.6. The highest BCUT2D eigenvalue weighted by Crippen LogP contribution is 2.39. The fourth-order valence-electron chi connectivity index (χ4n) is 4.71. The molecular formula is C25H27F3N6O. The van der Waals surface area contributed by atoms with Crippen molar-refractivity contribution in [2.45, 2.75) is 51.6 Å². The number of hydrogen-bond donors (Lipinski definition) is 1. The van der Waals surface area contributed by atoms with Crippen LogP contribution in [-0.4, -0.2) is 55.9 Å². The second-order valence-electron chi connectivity index (χ2n) is 9.40. The Morgan fingerprint density at radius 3 is 2.60 bits per heavy atom. The van der Waals surface area contributed by atoms with Crippen molar-refractivity contribution in [1.82, 2.24) is 24.5 Å². The number of halogens is 3. The predicted molar refractivity (Wildman–Crippen MR) is 127 cm³/mol. The molecule has 1 fully saturated rings. The molecular weight excluding hydrogens is 457 g/mol. The van der Waals surface area contributed by atoms with Gasteiger partial charge in [-0.05, 0) is 62.6 Å². The fourth-order valence-corrected chi connectivity index (χ4v) is 4.71. The first kappa shape index (κ1) is 23.5. The van der Waals surface area contributed by atoms with Crippen LogP contribution in [0.2, 0.25) is 0 Å². The highest BCUT2D eigenvalue weighted by molar-refractivity contribution is 5.87. The lowest BCUT2D eigenvalue weighted by molar-refractivity contribution is -0.183. The minimum atomic E-state index is -4.45. The van der Waals surface area contributed by atoms with Gasteiger partial charge in [-0.15, -0.1) is 10.2 Å². The van der Waals surface area contributed by atoms with Crippen LogP contribution in [0.4, 0.5) is 13.2 Å². The number of aromatic nitrogens is 4. The van der Waals surface area contributed by atoms with Crippen LogP contribution in [0.5, 0.6) is 5.75 Å². The molecule has 4 aromatic rings. The summed E-state index contributed by atoms with van der Waals surface area (Å²) in [5.74, 6) is 1.01. The molecule has 0 saturated carbocycles. The normalized spacial score (nSPS) is 18.1. The van der Waals surface area contributed by atoms with Gasteiger partial charge in [0.1, 0.15) is 23.0 Å². The van der Waals surface area contributed by atoms with Crippen LogP contribution in [0, 0.1) is 6.92 Å². The summed E-state index contributed by atoms with van der Waals surface area (Å²) in [6.45, 7) is 6.36. The largest absolute Gasteiger partial charge is 0.489 e. The molecule has 0 radical (unpaired) electrons. The molecule has 1 aromatic carbocycles. The Bertz CT molecular complexity index is 1380. The van der Waals surface area contributed by atoms with Gasteiger partial charge in [-0.25, -0.2) is 4.98 Å². The van der Waals surface area contributed by atoms with E-state index in [1.807, 2.05) is 39.0 Å². The number of alkyl halides is 3. The van der Waals surface area contributed by atoms with Gasteiger partial charge in [0.2, 0.25) is 0 Å². The number of benzene rings is 1. The van der Waals surface area contributed by atoms with Gasteiger partial charge >= 0.3 is 6.18 Å². The summed E-state index contributed by atoms with van der Waals surface area (Å²) >= 11 is 0. The van der Waals surface area contributed by atoms with E-state index in [0.717, 1.165) is 10.9 Å². The summed E-state index contributed by atoms with van der Waals surface area (Å²) in [5.41, 5.74) is 8.65. The lowest BCUT2D eigenvalue weighted by Crippen LogP contribution is -2.38. The van der Waals surface area contributed by atoms with Gasteiger partial charge in [-0.2, -0.15) is 13.2 Å². The Kier molecular flexibility index (Phi) is 5.88. The van der Waals surface area contributed by atoms with Crippen molar-refractivity contribution >= 4 is 16.6 Å². The molecule has 3 aromatic heterocycles. The van der Waals surface area contributed by atoms with Gasteiger partial charge in [0.05, 0.1) is 6.10 Å². The molecule has 0 bridgehead atoms. The van der Waals surface area contributed by atoms with Crippen LogP contribution in [0.3, 0.4) is 0 Å². The summed E-state index contributed by atoms with van der Waals surface area (Å²) in [6, 6.07) is 8.63. The first-order valence-corrected chi connectivity index (χ1v) is 11.6. The molecule has 1 saturated heterocycles. The number of nitrogens with two attached hydrogens (primary N) is 1. The predicted octanol–water partition coefficient (Wildman–Crippen LogP) is 4.68. The SMILES string of the molecule is Cc1cc(OC(C)C)c2nc(-c3nnc4ccc(C(N5CCC(N)C5)C(F)(F)F)cn34)ccc2c1. The van der Waals surface area contributed by atoms with Crippen LogP contribution in [0.25, 0.3) is 28.1 Å². The Hall–Kier alpha value is -3.24. The van der Waals surface area contributed by atoms with Gasteiger partial charge in [-0.1, -0.05) is 12.1 Å². The molecule has 7 nitrogen and oxygen atoms in total. The van der Waals surface area contributed by atoms with Crippen molar-refractivity contribution in [2.24, 2.45) is 5.73 Å². The van der Waals surface area contributed by atoms with Crippen molar-refractivity contribution in [1.29, 1.82) is 0 Å². The molecule has 184 valence electrons. The number of pyridine rings is 2. The van der Waals surface area contributed by atoms with Crippen LogP contribution < -0.4 is 10.5 Å². The minimum absolute atomic E-state index is 0.0417. The fraction of sp³-hybridized carbons (Fsp3) is 0.400. The van der Waals surface area contributed by atoms with E-state index in [-0.39, 0.29) is 24.3 Å². The Morgan fingerprint density at radius 2 is 1.91 bits per heavy atom. The van der Waals surface area contributed by atoms with E-state index < -0.39 is 12.2 Å². The maximum absolute atomic E-state index is 14.1. The highest BCUT2D eigenvalue weighted by atomic mass is 19.4. The summed E-state index contributed by atoms with van der Waals surface area (Å²) in [5, 5.41) is 9.31. The first-order valence-electron chi connectivity index (χ1n) is 11.6. The average molecular weight is 485 g/mol. The van der Waals surface area contributed by atoms with Gasteiger partial charge < -0.3 is 10.5 Å². The molecule has 2 unspecified atom stereocenters. The lowest BCUT2D eigenvalue weighted by atomic mass is 10.1. The van der Waals surface area contributed by atoms with Crippen molar-refractivity contribution in [3.63, 3.8) is 0 Å². The molecule has 2 atom stereocenters. The topological polar surface area (TPSA) is 81.6 Å². The second-order valence-corrected chi connectivity index (χ2v) is 9.40. The molecule has 4 heterocycles. The van der Waals surface area contributed by atoms with Crippen molar-refractivity contribution in [3.8, 4) is 17.3 Å². The molecule has 1 aliphatic heterocycles. The third-order valence-corrected chi connectivity index (χ3v) is 6.17. The number of likely N-dealkylation sites (tertiary alicyclic amines) is 1. The molecule has 2 N–H and O–H groups in total. The number of ether oxygens (including phenoxy) is 1. The Labute approximate surface area is 200 Å². The molecule has 5 rings (SSSR count). The van der Waals surface area contributed by atoms with Gasteiger partial charge in [0, 0.05) is 30.7 Å². The Balaban J connectivity index is 1.61.